The molecule has 178 valence electrons. The second kappa shape index (κ2) is 10.3. The number of esters is 1. The molecule has 0 unspecified atom stereocenters. The van der Waals surface area contributed by atoms with Crippen molar-refractivity contribution in [1.82, 2.24) is 19.2 Å². The van der Waals surface area contributed by atoms with Crippen molar-refractivity contribution in [3.05, 3.63) is 87.2 Å². The van der Waals surface area contributed by atoms with Gasteiger partial charge in [-0.3, -0.25) is 4.79 Å². The first-order valence-corrected chi connectivity index (χ1v) is 11.7. The Labute approximate surface area is 203 Å². The van der Waals surface area contributed by atoms with Gasteiger partial charge in [0.2, 0.25) is 0 Å². The zero-order valence-corrected chi connectivity index (χ0v) is 20.1. The van der Waals surface area contributed by atoms with Gasteiger partial charge in [-0.15, -0.1) is 5.10 Å². The second-order valence-electron chi connectivity index (χ2n) is 8.27. The standard InChI is InChI=1S/C27H27N5O3/c1-4-8-24-23(15-19-11-13-20(14-12-19)22-10-7-6-9-21(22)16-28)26-30-31(17-25(33)35-5-2)27(34)32(26)18(3)29-24/h6-7,9-14H,4-5,8,15,17H2,1-3H3. The number of hydrogen-bond donors (Lipinski definition) is 0. The third kappa shape index (κ3) is 4.85. The molecule has 0 N–H and O–H groups in total. The van der Waals surface area contributed by atoms with Gasteiger partial charge in [0.1, 0.15) is 12.4 Å². The van der Waals surface area contributed by atoms with Crippen LogP contribution in [0.3, 0.4) is 0 Å². The molecule has 0 atom stereocenters. The van der Waals surface area contributed by atoms with Crippen molar-refractivity contribution < 1.29 is 9.53 Å². The smallest absolute Gasteiger partial charge is 0.352 e. The first-order chi connectivity index (χ1) is 17.0. The summed E-state index contributed by atoms with van der Waals surface area (Å²) in [6, 6.07) is 17.8. The van der Waals surface area contributed by atoms with E-state index in [0.29, 0.717) is 23.5 Å². The number of aromatic nitrogens is 4. The number of ether oxygens (including phenoxy) is 1. The number of nitriles is 1. The number of rotatable bonds is 8. The largest absolute Gasteiger partial charge is 0.465 e. The molecule has 0 radical (unpaired) electrons. The highest BCUT2D eigenvalue weighted by Crippen LogP contribution is 2.25. The fourth-order valence-corrected chi connectivity index (χ4v) is 4.23. The molecule has 4 aromatic rings. The normalized spacial score (nSPS) is 10.9. The lowest BCUT2D eigenvalue weighted by Gasteiger charge is -2.12. The number of carbonyl (C=O) groups is 1. The molecule has 0 amide bonds. The Hall–Kier alpha value is -4.25. The topological polar surface area (TPSA) is 102 Å². The number of aryl methyl sites for hydroxylation is 2. The molecule has 0 aliphatic heterocycles. The number of fused-ring (bicyclic) bond motifs is 1. The molecule has 0 aliphatic rings. The Balaban J connectivity index is 1.75. The van der Waals surface area contributed by atoms with E-state index in [0.717, 1.165) is 45.5 Å². The van der Waals surface area contributed by atoms with Crippen molar-refractivity contribution >= 4 is 11.6 Å². The lowest BCUT2D eigenvalue weighted by Crippen LogP contribution is -2.27. The quantitative estimate of drug-likeness (QED) is 0.363. The molecule has 0 saturated carbocycles. The van der Waals surface area contributed by atoms with E-state index in [9.17, 15) is 14.9 Å². The Morgan fingerprint density at radius 3 is 2.54 bits per heavy atom. The molecule has 4 rings (SSSR count). The van der Waals surface area contributed by atoms with Gasteiger partial charge in [0.25, 0.3) is 0 Å². The third-order valence-corrected chi connectivity index (χ3v) is 5.84. The molecule has 2 aromatic heterocycles. The van der Waals surface area contributed by atoms with E-state index in [2.05, 4.69) is 18.1 Å². The van der Waals surface area contributed by atoms with Crippen LogP contribution in [0.25, 0.3) is 16.8 Å². The molecule has 2 heterocycles. The average molecular weight is 470 g/mol. The Morgan fingerprint density at radius 1 is 1.11 bits per heavy atom. The highest BCUT2D eigenvalue weighted by molar-refractivity contribution is 5.71. The van der Waals surface area contributed by atoms with E-state index >= 15 is 0 Å². The van der Waals surface area contributed by atoms with E-state index in [-0.39, 0.29) is 13.2 Å². The molecule has 8 heteroatoms. The van der Waals surface area contributed by atoms with Crippen LogP contribution in [0.2, 0.25) is 0 Å². The van der Waals surface area contributed by atoms with Crippen molar-refractivity contribution in [2.24, 2.45) is 0 Å². The van der Waals surface area contributed by atoms with Gasteiger partial charge in [0.05, 0.1) is 18.2 Å². The Morgan fingerprint density at radius 2 is 1.86 bits per heavy atom. The van der Waals surface area contributed by atoms with Gasteiger partial charge in [-0.2, -0.15) is 5.26 Å². The maximum absolute atomic E-state index is 13.0. The van der Waals surface area contributed by atoms with Crippen LogP contribution in [-0.2, 0) is 28.9 Å². The highest BCUT2D eigenvalue weighted by atomic mass is 16.5. The summed E-state index contributed by atoms with van der Waals surface area (Å²) in [5.74, 6) is 0.0305. The third-order valence-electron chi connectivity index (χ3n) is 5.84. The SMILES string of the molecule is CCCc1nc(C)n2c(=O)n(CC(=O)OCC)nc2c1Cc1ccc(-c2ccccc2C#N)cc1. The molecule has 0 aliphatic carbocycles. The molecular weight excluding hydrogens is 442 g/mol. The van der Waals surface area contributed by atoms with Crippen molar-refractivity contribution in [2.45, 2.75) is 46.6 Å². The summed E-state index contributed by atoms with van der Waals surface area (Å²) in [7, 11) is 0. The van der Waals surface area contributed by atoms with Crippen LogP contribution >= 0.6 is 0 Å². The van der Waals surface area contributed by atoms with E-state index in [1.54, 1.807) is 19.9 Å². The van der Waals surface area contributed by atoms with Crippen molar-refractivity contribution in [1.29, 1.82) is 5.26 Å². The van der Waals surface area contributed by atoms with Crippen LogP contribution in [0.1, 0.15) is 48.5 Å². The van der Waals surface area contributed by atoms with Crippen molar-refractivity contribution in [3.63, 3.8) is 0 Å². The number of hydrogen-bond acceptors (Lipinski definition) is 6. The van der Waals surface area contributed by atoms with Gasteiger partial charge in [0.15, 0.2) is 5.65 Å². The molecule has 0 spiro atoms. The van der Waals surface area contributed by atoms with Crippen LogP contribution in [0.5, 0.6) is 0 Å². The van der Waals surface area contributed by atoms with Crippen LogP contribution in [0.4, 0.5) is 0 Å². The zero-order valence-electron chi connectivity index (χ0n) is 20.1. The monoisotopic (exact) mass is 469 g/mol. The van der Waals surface area contributed by atoms with Gasteiger partial charge >= 0.3 is 11.7 Å². The van der Waals surface area contributed by atoms with Crippen LogP contribution in [0, 0.1) is 18.3 Å². The lowest BCUT2D eigenvalue weighted by atomic mass is 9.97. The van der Waals surface area contributed by atoms with Gasteiger partial charge in [0, 0.05) is 17.7 Å². The average Bonchev–Trinajstić information content (AvgIpc) is 3.18. The van der Waals surface area contributed by atoms with Crippen LogP contribution < -0.4 is 5.69 Å². The van der Waals surface area contributed by atoms with Gasteiger partial charge in [-0.25, -0.2) is 18.9 Å². The van der Waals surface area contributed by atoms with Gasteiger partial charge in [-0.05, 0) is 43.0 Å². The molecule has 2 aromatic carbocycles. The van der Waals surface area contributed by atoms with Crippen molar-refractivity contribution in [2.75, 3.05) is 6.61 Å². The molecular formula is C27H27N5O3. The number of carbonyl (C=O) groups excluding carboxylic acids is 1. The molecule has 8 nitrogen and oxygen atoms in total. The summed E-state index contributed by atoms with van der Waals surface area (Å²) < 4.78 is 7.60. The minimum absolute atomic E-state index is 0.238. The molecule has 0 bridgehead atoms. The summed E-state index contributed by atoms with van der Waals surface area (Å²) in [6.45, 7) is 5.57. The summed E-state index contributed by atoms with van der Waals surface area (Å²) in [6.07, 6.45) is 2.18. The molecule has 35 heavy (non-hydrogen) atoms. The van der Waals surface area contributed by atoms with E-state index in [1.807, 2.05) is 42.5 Å². The predicted octanol–water partition coefficient (Wildman–Crippen LogP) is 3.84. The fourth-order valence-electron chi connectivity index (χ4n) is 4.23. The maximum Gasteiger partial charge on any atom is 0.352 e. The first kappa shape index (κ1) is 23.9. The van der Waals surface area contributed by atoms with Crippen LogP contribution in [0.15, 0.2) is 53.3 Å². The minimum atomic E-state index is -0.507. The van der Waals surface area contributed by atoms with E-state index < -0.39 is 11.7 Å². The molecule has 0 saturated heterocycles. The number of nitrogens with zero attached hydrogens (tertiary/aromatic N) is 5. The maximum atomic E-state index is 13.0. The predicted molar refractivity (Wildman–Crippen MR) is 132 cm³/mol. The Bertz CT molecular complexity index is 1480. The highest BCUT2D eigenvalue weighted by Gasteiger charge is 2.20. The zero-order chi connectivity index (χ0) is 24.9. The van der Waals surface area contributed by atoms with Gasteiger partial charge < -0.3 is 4.74 Å². The minimum Gasteiger partial charge on any atom is -0.465 e. The lowest BCUT2D eigenvalue weighted by molar-refractivity contribution is -0.144. The summed E-state index contributed by atoms with van der Waals surface area (Å²) in [5, 5.41) is 13.9. The van der Waals surface area contributed by atoms with Gasteiger partial charge in [-0.1, -0.05) is 55.8 Å². The number of benzene rings is 2. The Kier molecular flexibility index (Phi) is 7.06. The second-order valence-corrected chi connectivity index (χ2v) is 8.27. The summed E-state index contributed by atoms with van der Waals surface area (Å²) >= 11 is 0. The van der Waals surface area contributed by atoms with E-state index in [1.165, 1.54) is 4.40 Å². The first-order valence-electron chi connectivity index (χ1n) is 11.7. The summed E-state index contributed by atoms with van der Waals surface area (Å²) in [4.78, 5) is 29.7. The summed E-state index contributed by atoms with van der Waals surface area (Å²) in [5.41, 5.74) is 5.35. The molecule has 0 fully saturated rings. The van der Waals surface area contributed by atoms with E-state index in [4.69, 9.17) is 9.72 Å². The van der Waals surface area contributed by atoms with Crippen LogP contribution in [-0.4, -0.2) is 31.7 Å². The fraction of sp³-hybridized carbons (Fsp3) is 0.296. The van der Waals surface area contributed by atoms with Crippen molar-refractivity contribution in [3.8, 4) is 17.2 Å².